The lowest BCUT2D eigenvalue weighted by Gasteiger charge is -2.20. The molecule has 0 heterocycles. The number of aliphatic hydroxyl groups is 4. The summed E-state index contributed by atoms with van der Waals surface area (Å²) in [5.41, 5.74) is 8.05. The average Bonchev–Trinajstić information content (AvgIpc) is 2.23. The zero-order valence-electron chi connectivity index (χ0n) is 6.94. The molecule has 0 aliphatic carbocycles. The molecule has 0 saturated carbocycles. The van der Waals surface area contributed by atoms with Crippen LogP contribution in [0, 0.1) is 0 Å². The van der Waals surface area contributed by atoms with E-state index in [4.69, 9.17) is 26.0 Å². The molecule has 4 unspecified atom stereocenters. The molecule has 8 nitrogen and oxygen atoms in total. The van der Waals surface area contributed by atoms with Gasteiger partial charge >= 0.3 is 5.91 Å². The van der Waals surface area contributed by atoms with Gasteiger partial charge in [-0.3, -0.25) is 5.11 Å². The third-order valence-corrected chi connectivity index (χ3v) is 1.54. The molecule has 0 aromatic carbocycles. The predicted molar refractivity (Wildman–Crippen MR) is 39.4 cm³/mol. The summed E-state index contributed by atoms with van der Waals surface area (Å²) in [5, 5.41) is 36.6. The zero-order valence-corrected chi connectivity index (χ0v) is 6.94. The predicted octanol–water partition coefficient (Wildman–Crippen LogP) is -4.74. The fourth-order valence-electron chi connectivity index (χ4n) is 0.691. The van der Waals surface area contributed by atoms with Crippen LogP contribution in [0.15, 0.2) is 0 Å². The van der Waals surface area contributed by atoms with Crippen LogP contribution in [0.4, 0.5) is 0 Å². The molecule has 0 aromatic rings. The van der Waals surface area contributed by atoms with Crippen LogP contribution in [0.5, 0.6) is 0 Å². The Morgan fingerprint density at radius 3 is 2.07 bits per heavy atom. The zero-order chi connectivity index (χ0) is 11.3. The fourth-order valence-corrected chi connectivity index (χ4v) is 0.691. The number of aliphatic hydroxyl groups excluding tert-OH is 4. The second kappa shape index (κ2) is 5.50. The summed E-state index contributed by atoms with van der Waals surface area (Å²) in [6.07, 6.45) is -8.24. The number of rotatable bonds is 5. The highest BCUT2D eigenvalue weighted by molar-refractivity contribution is 5.71. The number of amides is 1. The largest absolute Gasteiger partial charge is 0.499 e. The Bertz CT molecular complexity index is 232. The van der Waals surface area contributed by atoms with Crippen LogP contribution in [-0.4, -0.2) is 57.0 Å². The Hall–Kier alpha value is -1.22. The fraction of sp³-hybridized carbons (Fsp3) is 0.667. The van der Waals surface area contributed by atoms with Crippen LogP contribution in [0.25, 0.3) is 5.53 Å². The molecule has 1 amide bonds. The van der Waals surface area contributed by atoms with Crippen molar-refractivity contribution < 1.29 is 35.1 Å². The number of nitrogens with one attached hydrogen (secondary N) is 1. The van der Waals surface area contributed by atoms with Crippen LogP contribution in [0.3, 0.4) is 0 Å². The normalized spacial score (nSPS) is 19.1. The summed E-state index contributed by atoms with van der Waals surface area (Å²) in [7, 11) is 0. The lowest BCUT2D eigenvalue weighted by molar-refractivity contribution is -0.408. The molecule has 80 valence electrons. The van der Waals surface area contributed by atoms with Gasteiger partial charge in [0.25, 0.3) is 0 Å². The van der Waals surface area contributed by atoms with Gasteiger partial charge in [-0.25, -0.2) is 4.79 Å². The van der Waals surface area contributed by atoms with Gasteiger partial charge in [0.15, 0.2) is 6.29 Å². The molecule has 4 atom stereocenters. The van der Waals surface area contributed by atoms with Gasteiger partial charge in [-0.05, 0) is 0 Å². The van der Waals surface area contributed by atoms with Gasteiger partial charge in [0.2, 0.25) is 6.10 Å². The molecule has 0 rings (SSSR count). The second-order valence-electron chi connectivity index (χ2n) is 2.53. The van der Waals surface area contributed by atoms with Crippen molar-refractivity contribution in [3.8, 4) is 0 Å². The Kier molecular flexibility index (Phi) is 5.02. The monoisotopic (exact) mass is 206 g/mol. The molecular formula is C6H10N2O6. The molecule has 14 heavy (non-hydrogen) atoms. The number of hydrogen-bond acceptors (Lipinski definition) is 6. The van der Waals surface area contributed by atoms with Crippen molar-refractivity contribution >= 4 is 12.2 Å². The van der Waals surface area contributed by atoms with Gasteiger partial charge in [-0.1, -0.05) is 0 Å². The molecule has 0 aromatic heterocycles. The van der Waals surface area contributed by atoms with E-state index in [1.165, 1.54) is 0 Å². The van der Waals surface area contributed by atoms with Crippen molar-refractivity contribution in [2.45, 2.75) is 24.4 Å². The number of carbonyl (C=O) groups is 2. The molecular weight excluding hydrogens is 196 g/mol. The van der Waals surface area contributed by atoms with Gasteiger partial charge in [0.1, 0.15) is 18.3 Å². The van der Waals surface area contributed by atoms with E-state index in [-0.39, 0.29) is 6.29 Å². The third-order valence-electron chi connectivity index (χ3n) is 1.54. The summed E-state index contributed by atoms with van der Waals surface area (Å²) in [4.78, 5) is 20.5. The highest BCUT2D eigenvalue weighted by atomic mass is 16.4. The topological polar surface area (TPSA) is 151 Å². The Morgan fingerprint density at radius 1 is 1.21 bits per heavy atom. The van der Waals surface area contributed by atoms with Crippen molar-refractivity contribution in [1.29, 1.82) is 0 Å². The lowest BCUT2D eigenvalue weighted by atomic mass is 10.0. The maximum absolute atomic E-state index is 10.5. The van der Waals surface area contributed by atoms with Crippen molar-refractivity contribution in [3.63, 3.8) is 0 Å². The van der Waals surface area contributed by atoms with E-state index in [9.17, 15) is 9.59 Å². The minimum atomic E-state index is -2.15. The first-order chi connectivity index (χ1) is 6.45. The van der Waals surface area contributed by atoms with Crippen LogP contribution < -0.4 is 5.11 Å². The summed E-state index contributed by atoms with van der Waals surface area (Å²) < 4.78 is 0. The van der Waals surface area contributed by atoms with E-state index in [0.29, 0.717) is 0 Å². The van der Waals surface area contributed by atoms with E-state index >= 15 is 0 Å². The number of hydrogen-bond donors (Lipinski definition) is 5. The van der Waals surface area contributed by atoms with E-state index in [1.807, 2.05) is 0 Å². The van der Waals surface area contributed by atoms with E-state index in [0.717, 1.165) is 5.11 Å². The molecule has 0 bridgehead atoms. The van der Waals surface area contributed by atoms with Crippen LogP contribution >= 0.6 is 0 Å². The van der Waals surface area contributed by atoms with Gasteiger partial charge in [0, 0.05) is 0 Å². The van der Waals surface area contributed by atoms with Crippen LogP contribution in [0.1, 0.15) is 0 Å². The minimum Gasteiger partial charge on any atom is -0.499 e. The van der Waals surface area contributed by atoms with Gasteiger partial charge < -0.3 is 30.8 Å². The lowest BCUT2D eigenvalue weighted by Crippen LogP contribution is -2.74. The summed E-state index contributed by atoms with van der Waals surface area (Å²) in [6.45, 7) is 0. The first-order valence-electron chi connectivity index (χ1n) is 3.57. The standard InChI is InChI=1S/C6H10N2O6/c7-8-6(14)5(13)4(12)3(11)2(10)1-9/h1-5,8,10-13H. The van der Waals surface area contributed by atoms with Crippen LogP contribution in [0.2, 0.25) is 0 Å². The molecule has 0 spiro atoms. The molecule has 8 heteroatoms. The van der Waals surface area contributed by atoms with Crippen LogP contribution in [-0.2, 0) is 9.59 Å². The molecule has 0 aliphatic rings. The highest BCUT2D eigenvalue weighted by Crippen LogP contribution is 2.02. The number of nitrogens with zero attached hydrogens (tertiary/aromatic N) is 1. The van der Waals surface area contributed by atoms with E-state index < -0.39 is 30.3 Å². The van der Waals surface area contributed by atoms with Crippen molar-refractivity contribution in [2.75, 3.05) is 0 Å². The SMILES string of the molecule is [N-]=[NH+]C(=O)C(O)C(O)C(O)C(O)C=O. The number of carbonyl (C=O) groups excluding carboxylic acids is 2. The molecule has 5 N–H and O–H groups in total. The first kappa shape index (κ1) is 12.8. The van der Waals surface area contributed by atoms with Gasteiger partial charge in [0.05, 0.1) is 0 Å². The second-order valence-corrected chi connectivity index (χ2v) is 2.53. The maximum Gasteiger partial charge on any atom is 0.405 e. The van der Waals surface area contributed by atoms with Crippen molar-refractivity contribution in [3.05, 3.63) is 5.53 Å². The third kappa shape index (κ3) is 2.92. The van der Waals surface area contributed by atoms with Crippen molar-refractivity contribution in [2.24, 2.45) is 0 Å². The van der Waals surface area contributed by atoms with Crippen molar-refractivity contribution in [1.82, 2.24) is 0 Å². The summed E-state index contributed by atoms with van der Waals surface area (Å²) >= 11 is 0. The molecule has 0 saturated heterocycles. The molecule has 0 fully saturated rings. The van der Waals surface area contributed by atoms with E-state index in [1.54, 1.807) is 0 Å². The Labute approximate surface area is 78.3 Å². The average molecular weight is 206 g/mol. The summed E-state index contributed by atoms with van der Waals surface area (Å²) in [5.74, 6) is -1.37. The molecule has 0 aliphatic heterocycles. The highest BCUT2D eigenvalue weighted by Gasteiger charge is 2.36. The van der Waals surface area contributed by atoms with Gasteiger partial charge in [-0.15, -0.1) is 0 Å². The maximum atomic E-state index is 10.5. The summed E-state index contributed by atoms with van der Waals surface area (Å²) in [6, 6.07) is 0. The Morgan fingerprint density at radius 2 is 1.71 bits per heavy atom. The Balaban J connectivity index is 4.44. The van der Waals surface area contributed by atoms with Gasteiger partial charge in [-0.2, -0.15) is 0 Å². The minimum absolute atomic E-state index is 0.0720. The molecule has 0 radical (unpaired) electrons. The first-order valence-corrected chi connectivity index (χ1v) is 3.57. The quantitative estimate of drug-likeness (QED) is 0.225. The smallest absolute Gasteiger partial charge is 0.405 e. The number of aldehydes is 1. The van der Waals surface area contributed by atoms with E-state index in [2.05, 4.69) is 0 Å².